The molecule has 0 radical (unpaired) electrons. The van der Waals surface area contributed by atoms with Crippen LogP contribution in [0.3, 0.4) is 0 Å². The van der Waals surface area contributed by atoms with Crippen molar-refractivity contribution in [1.82, 2.24) is 15.9 Å². The standard InChI is InChI=1S/C16H21N3O4S2/c1-2-3-4-8-13(16(20)18-21)19-23-25(22)15-10-9-14(24-15)12-7-5-6-11-17-12/h5-7,9-11,13,19,21H,2-4,8H2,1H3,(H,18,20)/t13-,25?/m1/s1. The Hall–Kier alpha value is -1.65. The van der Waals surface area contributed by atoms with Crippen LogP contribution < -0.4 is 11.0 Å². The van der Waals surface area contributed by atoms with Crippen molar-refractivity contribution in [2.75, 3.05) is 0 Å². The molecule has 0 bridgehead atoms. The summed E-state index contributed by atoms with van der Waals surface area (Å²) in [5, 5.41) is 8.80. The first-order chi connectivity index (χ1) is 12.2. The van der Waals surface area contributed by atoms with E-state index in [1.54, 1.807) is 17.7 Å². The van der Waals surface area contributed by atoms with E-state index < -0.39 is 23.0 Å². The molecule has 2 aromatic rings. The summed E-state index contributed by atoms with van der Waals surface area (Å²) in [4.78, 5) is 16.8. The summed E-state index contributed by atoms with van der Waals surface area (Å²) in [6, 6.07) is 8.33. The molecule has 0 spiro atoms. The number of unbranched alkanes of at least 4 members (excludes halogenated alkanes) is 2. The Labute approximate surface area is 153 Å². The molecule has 1 unspecified atom stereocenters. The number of amides is 1. The van der Waals surface area contributed by atoms with E-state index >= 15 is 0 Å². The lowest BCUT2D eigenvalue weighted by Crippen LogP contribution is -2.43. The van der Waals surface area contributed by atoms with Gasteiger partial charge < -0.3 is 0 Å². The maximum atomic E-state index is 12.3. The van der Waals surface area contributed by atoms with Crippen molar-refractivity contribution < 1.29 is 18.5 Å². The fourth-order valence-corrected chi connectivity index (χ4v) is 3.94. The number of hydroxylamine groups is 2. The van der Waals surface area contributed by atoms with Crippen LogP contribution in [0.5, 0.6) is 0 Å². The van der Waals surface area contributed by atoms with Gasteiger partial charge in [-0.3, -0.25) is 15.0 Å². The molecule has 0 saturated carbocycles. The van der Waals surface area contributed by atoms with Gasteiger partial charge in [-0.25, -0.2) is 9.69 Å². The highest BCUT2D eigenvalue weighted by molar-refractivity contribution is 7.82. The molecule has 3 N–H and O–H groups in total. The Kier molecular flexibility index (Phi) is 8.16. The molecule has 7 nitrogen and oxygen atoms in total. The number of hydrogen-bond donors (Lipinski definition) is 3. The third kappa shape index (κ3) is 5.98. The maximum Gasteiger partial charge on any atom is 0.262 e. The van der Waals surface area contributed by atoms with Gasteiger partial charge in [-0.05, 0) is 30.7 Å². The van der Waals surface area contributed by atoms with Crippen LogP contribution in [0.2, 0.25) is 0 Å². The van der Waals surface area contributed by atoms with Crippen molar-refractivity contribution in [3.05, 3.63) is 36.5 Å². The van der Waals surface area contributed by atoms with E-state index in [1.165, 1.54) is 11.3 Å². The van der Waals surface area contributed by atoms with E-state index in [0.717, 1.165) is 29.8 Å². The van der Waals surface area contributed by atoms with Crippen molar-refractivity contribution in [3.8, 4) is 10.6 Å². The number of aromatic nitrogens is 1. The average molecular weight is 383 g/mol. The lowest BCUT2D eigenvalue weighted by molar-refractivity contribution is -0.133. The number of nitrogens with one attached hydrogen (secondary N) is 2. The Balaban J connectivity index is 1.94. The van der Waals surface area contributed by atoms with Gasteiger partial charge >= 0.3 is 0 Å². The summed E-state index contributed by atoms with van der Waals surface area (Å²) in [6.45, 7) is 2.05. The van der Waals surface area contributed by atoms with E-state index in [-0.39, 0.29) is 0 Å². The molecule has 2 atom stereocenters. The van der Waals surface area contributed by atoms with Gasteiger partial charge in [-0.2, -0.15) is 9.76 Å². The molecule has 2 heterocycles. The summed E-state index contributed by atoms with van der Waals surface area (Å²) in [5.74, 6) is -0.617. The molecule has 2 aromatic heterocycles. The molecule has 2 rings (SSSR count). The molecule has 25 heavy (non-hydrogen) atoms. The zero-order valence-corrected chi connectivity index (χ0v) is 15.4. The topological polar surface area (TPSA) is 101 Å². The van der Waals surface area contributed by atoms with Crippen LogP contribution in [-0.4, -0.2) is 26.3 Å². The first-order valence-corrected chi connectivity index (χ1v) is 9.84. The molecule has 0 aliphatic heterocycles. The fourth-order valence-electron chi connectivity index (χ4n) is 2.12. The first kappa shape index (κ1) is 19.7. The van der Waals surface area contributed by atoms with Crippen molar-refractivity contribution in [2.45, 2.75) is 42.9 Å². The van der Waals surface area contributed by atoms with Gasteiger partial charge in [0.25, 0.3) is 5.91 Å². The molecular weight excluding hydrogens is 362 g/mol. The first-order valence-electron chi connectivity index (χ1n) is 7.95. The largest absolute Gasteiger partial charge is 0.289 e. The van der Waals surface area contributed by atoms with Crippen LogP contribution in [0.25, 0.3) is 10.6 Å². The molecule has 0 aliphatic rings. The van der Waals surface area contributed by atoms with E-state index in [4.69, 9.17) is 9.49 Å². The molecular formula is C16H21N3O4S2. The van der Waals surface area contributed by atoms with E-state index in [0.29, 0.717) is 10.6 Å². The summed E-state index contributed by atoms with van der Waals surface area (Å²) in [7, 11) is 0. The van der Waals surface area contributed by atoms with Crippen LogP contribution in [-0.2, 0) is 20.2 Å². The average Bonchev–Trinajstić information content (AvgIpc) is 3.14. The maximum absolute atomic E-state index is 12.3. The van der Waals surface area contributed by atoms with Crippen molar-refractivity contribution in [2.24, 2.45) is 0 Å². The second kappa shape index (κ2) is 10.4. The number of carbonyl (C=O) groups is 1. The number of hydrogen-bond acceptors (Lipinski definition) is 7. The molecule has 9 heteroatoms. The molecule has 1 amide bonds. The predicted molar refractivity (Wildman–Crippen MR) is 96.0 cm³/mol. The monoisotopic (exact) mass is 383 g/mol. The van der Waals surface area contributed by atoms with Crippen LogP contribution >= 0.6 is 11.3 Å². The highest BCUT2D eigenvalue weighted by Crippen LogP contribution is 2.28. The van der Waals surface area contributed by atoms with Crippen LogP contribution in [0.4, 0.5) is 0 Å². The molecule has 0 aliphatic carbocycles. The fraction of sp³-hybridized carbons (Fsp3) is 0.375. The van der Waals surface area contributed by atoms with Crippen LogP contribution in [0.1, 0.15) is 32.6 Å². The number of thiophene rings is 1. The summed E-state index contributed by atoms with van der Waals surface area (Å²) in [6.07, 6.45) is 4.92. The SMILES string of the molecule is CCCCC[C@@H](NOS(=O)c1ccc(-c2ccccn2)s1)C(=O)NO. The zero-order valence-electron chi connectivity index (χ0n) is 13.8. The van der Waals surface area contributed by atoms with Crippen molar-refractivity contribution in [3.63, 3.8) is 0 Å². The summed E-state index contributed by atoms with van der Waals surface area (Å²) < 4.78 is 17.9. The minimum absolute atomic E-state index is 0.473. The smallest absolute Gasteiger partial charge is 0.262 e. The van der Waals surface area contributed by atoms with Gasteiger partial charge in [0.1, 0.15) is 10.3 Å². The molecule has 0 fully saturated rings. The number of carbonyl (C=O) groups excluding carboxylic acids is 1. The molecule has 136 valence electrons. The Morgan fingerprint density at radius 1 is 1.36 bits per heavy atom. The number of nitrogens with zero attached hydrogens (tertiary/aromatic N) is 1. The van der Waals surface area contributed by atoms with Crippen LogP contribution in [0.15, 0.2) is 40.7 Å². The number of pyridine rings is 1. The normalized spacial score (nSPS) is 13.4. The highest BCUT2D eigenvalue weighted by Gasteiger charge is 2.20. The third-order valence-corrected chi connectivity index (χ3v) is 5.72. The molecule has 0 saturated heterocycles. The van der Waals surface area contributed by atoms with Gasteiger partial charge in [0, 0.05) is 6.20 Å². The Morgan fingerprint density at radius 3 is 2.88 bits per heavy atom. The minimum atomic E-state index is -1.76. The Bertz CT molecular complexity index is 694. The summed E-state index contributed by atoms with van der Waals surface area (Å²) >= 11 is -0.461. The quantitative estimate of drug-likeness (QED) is 0.331. The summed E-state index contributed by atoms with van der Waals surface area (Å²) in [5.41, 5.74) is 4.88. The van der Waals surface area contributed by atoms with Crippen molar-refractivity contribution >= 4 is 28.3 Å². The number of rotatable bonds is 10. The highest BCUT2D eigenvalue weighted by atomic mass is 32.2. The minimum Gasteiger partial charge on any atom is -0.289 e. The van der Waals surface area contributed by atoms with E-state index in [9.17, 15) is 9.00 Å². The second-order valence-corrected chi connectivity index (χ2v) is 7.71. The lowest BCUT2D eigenvalue weighted by Gasteiger charge is -2.15. The molecule has 0 aromatic carbocycles. The van der Waals surface area contributed by atoms with E-state index in [2.05, 4.69) is 17.4 Å². The van der Waals surface area contributed by atoms with Gasteiger partial charge in [0.2, 0.25) is 11.1 Å². The second-order valence-electron chi connectivity index (χ2n) is 5.29. The van der Waals surface area contributed by atoms with Crippen LogP contribution in [0, 0.1) is 0 Å². The van der Waals surface area contributed by atoms with Gasteiger partial charge in [0.05, 0.1) is 10.6 Å². The lowest BCUT2D eigenvalue weighted by atomic mass is 10.1. The Morgan fingerprint density at radius 2 is 2.20 bits per heavy atom. The van der Waals surface area contributed by atoms with Crippen molar-refractivity contribution in [1.29, 1.82) is 0 Å². The van der Waals surface area contributed by atoms with Gasteiger partial charge in [-0.15, -0.1) is 11.3 Å². The van der Waals surface area contributed by atoms with Gasteiger partial charge in [-0.1, -0.05) is 32.3 Å². The van der Waals surface area contributed by atoms with Gasteiger partial charge in [0.15, 0.2) is 0 Å². The predicted octanol–water partition coefficient (Wildman–Crippen LogP) is 2.81. The third-order valence-electron chi connectivity index (χ3n) is 3.45. The zero-order chi connectivity index (χ0) is 18.1. The van der Waals surface area contributed by atoms with E-state index in [1.807, 2.05) is 24.3 Å².